The zero-order chi connectivity index (χ0) is 13.5. The fourth-order valence-electron chi connectivity index (χ4n) is 1.48. The van der Waals surface area contributed by atoms with Gasteiger partial charge < -0.3 is 15.4 Å². The van der Waals surface area contributed by atoms with Crippen LogP contribution in [-0.4, -0.2) is 51.3 Å². The number of hydrogen-bond acceptors (Lipinski definition) is 3. The molecule has 0 atom stereocenters. The average Bonchev–Trinajstić information content (AvgIpc) is 2.40. The van der Waals surface area contributed by atoms with Gasteiger partial charge in [-0.25, -0.2) is 0 Å². The molecule has 0 saturated heterocycles. The Morgan fingerprint density at radius 2 is 1.78 bits per heavy atom. The number of ether oxygens (including phenoxy) is 1. The molecule has 0 aliphatic heterocycles. The molecule has 18 heavy (non-hydrogen) atoms. The maximum atomic E-state index is 5.29. The summed E-state index contributed by atoms with van der Waals surface area (Å²) in [7, 11) is 1.82. The predicted octanol–water partition coefficient (Wildman–Crippen LogP) is 2.11. The van der Waals surface area contributed by atoms with Gasteiger partial charge in [-0.1, -0.05) is 0 Å². The van der Waals surface area contributed by atoms with Gasteiger partial charge in [0.25, 0.3) is 0 Å². The van der Waals surface area contributed by atoms with Gasteiger partial charge in [0.05, 0.1) is 0 Å². The van der Waals surface area contributed by atoms with Gasteiger partial charge in [0.15, 0.2) is 5.96 Å². The quantitative estimate of drug-likeness (QED) is 0.344. The zero-order valence-corrected chi connectivity index (χ0v) is 12.9. The normalized spacial score (nSPS) is 11.6. The highest BCUT2D eigenvalue weighted by Gasteiger charge is 1.96. The second-order valence-electron chi connectivity index (χ2n) is 4.03. The van der Waals surface area contributed by atoms with Crippen LogP contribution in [0.3, 0.4) is 0 Å². The molecule has 0 unspecified atom stereocenters. The van der Waals surface area contributed by atoms with Crippen LogP contribution in [0.15, 0.2) is 4.99 Å². The first-order valence-electron chi connectivity index (χ1n) is 6.86. The lowest BCUT2D eigenvalue weighted by Gasteiger charge is -2.11. The number of guanidine groups is 1. The molecule has 0 fully saturated rings. The molecule has 0 aromatic rings. The van der Waals surface area contributed by atoms with E-state index in [1.165, 1.54) is 18.6 Å². The third-order valence-electron chi connectivity index (χ3n) is 2.50. The van der Waals surface area contributed by atoms with Crippen LogP contribution in [0.1, 0.15) is 32.6 Å². The van der Waals surface area contributed by atoms with Gasteiger partial charge in [-0.2, -0.15) is 11.8 Å². The average molecular weight is 275 g/mol. The molecule has 0 aliphatic rings. The van der Waals surface area contributed by atoms with Crippen molar-refractivity contribution in [3.63, 3.8) is 0 Å². The van der Waals surface area contributed by atoms with Crippen molar-refractivity contribution in [2.75, 3.05) is 45.4 Å². The van der Waals surface area contributed by atoms with Crippen LogP contribution in [0.2, 0.25) is 0 Å². The molecule has 108 valence electrons. The summed E-state index contributed by atoms with van der Waals surface area (Å²) in [5.41, 5.74) is 0. The molecule has 0 amide bonds. The summed E-state index contributed by atoms with van der Waals surface area (Å²) in [5, 5.41) is 6.64. The van der Waals surface area contributed by atoms with E-state index in [0.29, 0.717) is 0 Å². The van der Waals surface area contributed by atoms with Gasteiger partial charge in [0, 0.05) is 33.4 Å². The fraction of sp³-hybridized carbons (Fsp3) is 0.923. The number of nitrogens with zero attached hydrogens (tertiary/aromatic N) is 1. The Labute approximate surface area is 116 Å². The van der Waals surface area contributed by atoms with E-state index in [0.717, 1.165) is 45.1 Å². The van der Waals surface area contributed by atoms with Crippen molar-refractivity contribution >= 4 is 17.7 Å². The monoisotopic (exact) mass is 275 g/mol. The summed E-state index contributed by atoms with van der Waals surface area (Å²) in [6.07, 6.45) is 6.83. The molecule has 0 radical (unpaired) electrons. The van der Waals surface area contributed by atoms with Crippen LogP contribution in [0, 0.1) is 0 Å². The van der Waals surface area contributed by atoms with E-state index >= 15 is 0 Å². The number of aliphatic imine (C=N–C) groups is 1. The lowest BCUT2D eigenvalue weighted by atomic mass is 10.3. The van der Waals surface area contributed by atoms with Crippen molar-refractivity contribution in [2.45, 2.75) is 32.6 Å². The molecule has 0 heterocycles. The van der Waals surface area contributed by atoms with Gasteiger partial charge in [0.2, 0.25) is 0 Å². The molecule has 0 aromatic carbocycles. The van der Waals surface area contributed by atoms with E-state index in [-0.39, 0.29) is 0 Å². The Hall–Kier alpha value is -0.420. The topological polar surface area (TPSA) is 45.6 Å². The van der Waals surface area contributed by atoms with E-state index in [9.17, 15) is 0 Å². The van der Waals surface area contributed by atoms with Crippen LogP contribution >= 0.6 is 11.8 Å². The minimum absolute atomic E-state index is 0.812. The number of hydrogen-bond donors (Lipinski definition) is 2. The standard InChI is InChI=1S/C13H29N3OS/c1-4-17-11-7-5-9-15-13(14-2)16-10-6-8-12-18-3/h4-12H2,1-3H3,(H2,14,15,16). The highest BCUT2D eigenvalue weighted by molar-refractivity contribution is 7.98. The Morgan fingerprint density at radius 1 is 1.11 bits per heavy atom. The molecule has 4 nitrogen and oxygen atoms in total. The number of nitrogens with one attached hydrogen (secondary N) is 2. The molecule has 0 saturated carbocycles. The first-order valence-corrected chi connectivity index (χ1v) is 8.25. The molecule has 5 heteroatoms. The van der Waals surface area contributed by atoms with Crippen LogP contribution in [0.4, 0.5) is 0 Å². The first-order chi connectivity index (χ1) is 8.85. The first kappa shape index (κ1) is 17.6. The van der Waals surface area contributed by atoms with Gasteiger partial charge in [-0.05, 0) is 44.6 Å². The van der Waals surface area contributed by atoms with Crippen molar-refractivity contribution in [3.8, 4) is 0 Å². The lowest BCUT2D eigenvalue weighted by molar-refractivity contribution is 0.143. The van der Waals surface area contributed by atoms with Crippen LogP contribution in [0.25, 0.3) is 0 Å². The van der Waals surface area contributed by atoms with E-state index < -0.39 is 0 Å². The van der Waals surface area contributed by atoms with Crippen molar-refractivity contribution in [2.24, 2.45) is 4.99 Å². The van der Waals surface area contributed by atoms with Crippen molar-refractivity contribution in [1.29, 1.82) is 0 Å². The second-order valence-corrected chi connectivity index (χ2v) is 5.02. The molecular weight excluding hydrogens is 246 g/mol. The van der Waals surface area contributed by atoms with Gasteiger partial charge in [-0.15, -0.1) is 0 Å². The molecular formula is C13H29N3OS. The predicted molar refractivity (Wildman–Crippen MR) is 82.7 cm³/mol. The Kier molecular flexibility index (Phi) is 14.3. The molecule has 0 rings (SSSR count). The van der Waals surface area contributed by atoms with Gasteiger partial charge in [-0.3, -0.25) is 4.99 Å². The minimum Gasteiger partial charge on any atom is -0.382 e. The van der Waals surface area contributed by atoms with Crippen molar-refractivity contribution < 1.29 is 4.74 Å². The summed E-state index contributed by atoms with van der Waals surface area (Å²) in [6.45, 7) is 5.66. The Balaban J connectivity index is 3.36. The van der Waals surface area contributed by atoms with Crippen LogP contribution < -0.4 is 10.6 Å². The van der Waals surface area contributed by atoms with Crippen molar-refractivity contribution in [3.05, 3.63) is 0 Å². The Morgan fingerprint density at radius 3 is 2.33 bits per heavy atom. The summed E-state index contributed by atoms with van der Waals surface area (Å²) < 4.78 is 5.29. The fourth-order valence-corrected chi connectivity index (χ4v) is 1.97. The van der Waals surface area contributed by atoms with Crippen molar-refractivity contribution in [1.82, 2.24) is 10.6 Å². The maximum absolute atomic E-state index is 5.29. The van der Waals surface area contributed by atoms with E-state index in [4.69, 9.17) is 4.74 Å². The summed E-state index contributed by atoms with van der Waals surface area (Å²) in [6, 6.07) is 0. The number of rotatable bonds is 11. The highest BCUT2D eigenvalue weighted by Crippen LogP contribution is 1.97. The largest absolute Gasteiger partial charge is 0.382 e. The molecule has 0 spiro atoms. The molecule has 2 N–H and O–H groups in total. The van der Waals surface area contributed by atoms with Crippen LogP contribution in [-0.2, 0) is 4.74 Å². The smallest absolute Gasteiger partial charge is 0.190 e. The third kappa shape index (κ3) is 12.0. The molecule has 0 aromatic heterocycles. The number of thioether (sulfide) groups is 1. The van der Waals surface area contributed by atoms with E-state index in [1.807, 2.05) is 25.7 Å². The number of unbranched alkanes of at least 4 members (excludes halogenated alkanes) is 2. The third-order valence-corrected chi connectivity index (χ3v) is 3.20. The molecule has 0 bridgehead atoms. The second kappa shape index (κ2) is 14.6. The van der Waals surface area contributed by atoms with E-state index in [2.05, 4.69) is 21.9 Å². The zero-order valence-electron chi connectivity index (χ0n) is 12.1. The summed E-state index contributed by atoms with van der Waals surface area (Å²) in [5.74, 6) is 2.15. The highest BCUT2D eigenvalue weighted by atomic mass is 32.2. The SMILES string of the molecule is CCOCCCCNC(=NC)NCCCCSC. The summed E-state index contributed by atoms with van der Waals surface area (Å²) in [4.78, 5) is 4.20. The summed E-state index contributed by atoms with van der Waals surface area (Å²) >= 11 is 1.90. The lowest BCUT2D eigenvalue weighted by Crippen LogP contribution is -2.38. The van der Waals surface area contributed by atoms with Gasteiger partial charge in [0.1, 0.15) is 0 Å². The van der Waals surface area contributed by atoms with Crippen LogP contribution in [0.5, 0.6) is 0 Å². The molecule has 0 aliphatic carbocycles. The maximum Gasteiger partial charge on any atom is 0.190 e. The minimum atomic E-state index is 0.812. The van der Waals surface area contributed by atoms with Gasteiger partial charge >= 0.3 is 0 Å². The van der Waals surface area contributed by atoms with E-state index in [1.54, 1.807) is 0 Å². The Bertz CT molecular complexity index is 201.